The highest BCUT2D eigenvalue weighted by Gasteiger charge is 2.44. The van der Waals surface area contributed by atoms with Crippen molar-refractivity contribution in [2.24, 2.45) is 0 Å². The van der Waals surface area contributed by atoms with Crippen LogP contribution >= 0.6 is 0 Å². The highest BCUT2D eigenvalue weighted by Crippen LogP contribution is 2.32. The summed E-state index contributed by atoms with van der Waals surface area (Å²) in [6.45, 7) is 7.17. The van der Waals surface area contributed by atoms with Crippen LogP contribution in [0.15, 0.2) is 23.0 Å². The van der Waals surface area contributed by atoms with Crippen LogP contribution in [0.25, 0.3) is 11.0 Å². The van der Waals surface area contributed by atoms with Gasteiger partial charge < -0.3 is 49.6 Å². The molecule has 1 aliphatic rings. The van der Waals surface area contributed by atoms with Gasteiger partial charge in [-0.2, -0.15) is 0 Å². The number of fused-ring (bicyclic) bond motifs is 1. The summed E-state index contributed by atoms with van der Waals surface area (Å²) in [5, 5.41) is 69.6. The number of hydrogen-bond acceptors (Lipinski definition) is 17. The van der Waals surface area contributed by atoms with Crippen molar-refractivity contribution in [1.29, 1.82) is 0 Å². The van der Waals surface area contributed by atoms with E-state index in [2.05, 4.69) is 25.9 Å². The van der Waals surface area contributed by atoms with Crippen molar-refractivity contribution in [2.75, 3.05) is 51.1 Å². The first kappa shape index (κ1) is 36.0. The fourth-order valence-corrected chi connectivity index (χ4v) is 4.67. The number of aromatic nitrogens is 5. The molecule has 20 heteroatoms. The van der Waals surface area contributed by atoms with Crippen molar-refractivity contribution in [3.63, 3.8) is 0 Å². The number of non-ortho nitro benzene ring substituents is 1. The molecule has 1 aromatic carbocycles. The number of nitro groups is 1. The van der Waals surface area contributed by atoms with Crippen LogP contribution in [0.3, 0.4) is 0 Å². The van der Waals surface area contributed by atoms with E-state index in [1.807, 2.05) is 20.8 Å². The van der Waals surface area contributed by atoms with Gasteiger partial charge in [-0.25, -0.2) is 9.31 Å². The van der Waals surface area contributed by atoms with Gasteiger partial charge in [0.1, 0.15) is 30.1 Å². The molecule has 1 amide bonds. The third kappa shape index (κ3) is 9.81. The first-order chi connectivity index (χ1) is 22.4. The Morgan fingerprint density at radius 2 is 1.77 bits per heavy atom. The van der Waals surface area contributed by atoms with E-state index in [0.29, 0.717) is 45.3 Å². The summed E-state index contributed by atoms with van der Waals surface area (Å²) in [4.78, 5) is 25.6. The molecule has 0 bridgehead atoms. The van der Waals surface area contributed by atoms with Gasteiger partial charge in [0.25, 0.3) is 0 Å². The van der Waals surface area contributed by atoms with Crippen molar-refractivity contribution in [3.8, 4) is 0 Å². The molecule has 260 valence electrons. The maximum absolute atomic E-state index is 13.2. The molecule has 0 aliphatic carbocycles. The zero-order valence-electron chi connectivity index (χ0n) is 26.2. The minimum atomic E-state index is -1.70. The number of hydrogen-bond donors (Lipinski definition) is 5. The first-order valence-electron chi connectivity index (χ1n) is 14.8. The third-order valence-electron chi connectivity index (χ3n) is 6.98. The van der Waals surface area contributed by atoms with Crippen LogP contribution in [0.5, 0.6) is 0 Å². The summed E-state index contributed by atoms with van der Waals surface area (Å²) in [6.07, 6.45) is -6.06. The van der Waals surface area contributed by atoms with Crippen molar-refractivity contribution >= 4 is 28.3 Å². The quantitative estimate of drug-likeness (QED) is 0.0622. The van der Waals surface area contributed by atoms with Gasteiger partial charge in [-0.15, -0.1) is 5.10 Å². The molecule has 4 rings (SSSR count). The number of benzene rings is 1. The van der Waals surface area contributed by atoms with Gasteiger partial charge >= 0.3 is 5.69 Å². The van der Waals surface area contributed by atoms with Gasteiger partial charge in [-0.3, -0.25) is 14.9 Å². The molecule has 0 unspecified atom stereocenters. The SMILES string of the molecule is CC(C)(C)OCCOCCOCCn1cc(CN(CC(=O)N[C@@H]2O[C@H](CO)[C@@H](O)[C@H](O)[C@H]2O)c2ccc([N+](=O)[O-])c3nonc23)nn1. The molecule has 0 saturated carbocycles. The van der Waals surface area contributed by atoms with Crippen molar-refractivity contribution in [3.05, 3.63) is 34.1 Å². The zero-order chi connectivity index (χ0) is 34.1. The van der Waals surface area contributed by atoms with Crippen LogP contribution in [0.1, 0.15) is 26.5 Å². The maximum Gasteiger partial charge on any atom is 0.300 e. The highest BCUT2D eigenvalue weighted by molar-refractivity contribution is 5.95. The number of anilines is 1. The van der Waals surface area contributed by atoms with Gasteiger partial charge in [0.05, 0.1) is 81.7 Å². The third-order valence-corrected chi connectivity index (χ3v) is 6.98. The predicted octanol–water partition coefficient (Wildman–Crippen LogP) is -1.51. The molecular weight excluding hydrogens is 628 g/mol. The number of nitro benzene ring substituents is 1. The molecule has 20 nitrogen and oxygen atoms in total. The fraction of sp³-hybridized carbons (Fsp3) is 0.667. The number of nitrogens with one attached hydrogen (secondary N) is 1. The lowest BCUT2D eigenvalue weighted by molar-refractivity contribution is -0.383. The van der Waals surface area contributed by atoms with Gasteiger partial charge in [-0.05, 0) is 37.2 Å². The summed E-state index contributed by atoms with van der Waals surface area (Å²) >= 11 is 0. The maximum atomic E-state index is 13.2. The predicted molar refractivity (Wildman–Crippen MR) is 159 cm³/mol. The van der Waals surface area contributed by atoms with Gasteiger partial charge in [0.15, 0.2) is 11.7 Å². The number of carbonyl (C=O) groups excluding carboxylic acids is 1. The van der Waals surface area contributed by atoms with E-state index in [9.17, 15) is 35.3 Å². The summed E-state index contributed by atoms with van der Waals surface area (Å²) in [7, 11) is 0. The van der Waals surface area contributed by atoms with E-state index in [0.717, 1.165) is 0 Å². The van der Waals surface area contributed by atoms with E-state index < -0.39 is 54.6 Å². The second kappa shape index (κ2) is 16.3. The average Bonchev–Trinajstić information content (AvgIpc) is 3.69. The Bertz CT molecular complexity index is 1460. The largest absolute Gasteiger partial charge is 0.394 e. The lowest BCUT2D eigenvalue weighted by atomic mass is 9.98. The number of amides is 1. The number of rotatable bonds is 17. The second-order valence-electron chi connectivity index (χ2n) is 11.7. The molecular formula is C27H40N8O12. The van der Waals surface area contributed by atoms with Crippen LogP contribution in [-0.4, -0.2) is 139 Å². The molecule has 0 spiro atoms. The highest BCUT2D eigenvalue weighted by atomic mass is 16.6. The van der Waals surface area contributed by atoms with Crippen LogP contribution in [-0.2, 0) is 36.8 Å². The van der Waals surface area contributed by atoms with E-state index >= 15 is 0 Å². The number of carbonyl (C=O) groups is 1. The number of aliphatic hydroxyl groups excluding tert-OH is 4. The van der Waals surface area contributed by atoms with Crippen LogP contribution in [0.2, 0.25) is 0 Å². The van der Waals surface area contributed by atoms with E-state index in [-0.39, 0.29) is 34.6 Å². The van der Waals surface area contributed by atoms with Crippen molar-refractivity contribution < 1.29 is 53.7 Å². The van der Waals surface area contributed by atoms with Crippen molar-refractivity contribution in [1.82, 2.24) is 30.6 Å². The molecule has 5 atom stereocenters. The monoisotopic (exact) mass is 668 g/mol. The Balaban J connectivity index is 1.40. The van der Waals surface area contributed by atoms with Crippen molar-refractivity contribution in [2.45, 2.75) is 70.1 Å². The number of aliphatic hydroxyl groups is 4. The Hall–Kier alpha value is -3.89. The summed E-state index contributed by atoms with van der Waals surface area (Å²) in [5.41, 5.74) is -0.0658. The summed E-state index contributed by atoms with van der Waals surface area (Å²) < 4.78 is 28.4. The molecule has 0 radical (unpaired) electrons. The summed E-state index contributed by atoms with van der Waals surface area (Å²) in [6, 6.07) is 2.57. The molecule has 2 aromatic heterocycles. The molecule has 3 heterocycles. The number of ether oxygens (including phenoxy) is 4. The lowest BCUT2D eigenvalue weighted by Gasteiger charge is -2.40. The molecule has 1 saturated heterocycles. The normalized spacial score (nSPS) is 21.6. The van der Waals surface area contributed by atoms with Crippen LogP contribution < -0.4 is 10.2 Å². The zero-order valence-corrected chi connectivity index (χ0v) is 26.2. The molecule has 5 N–H and O–H groups in total. The van der Waals surface area contributed by atoms with Gasteiger partial charge in [0.2, 0.25) is 11.4 Å². The average molecular weight is 669 g/mol. The van der Waals surface area contributed by atoms with E-state index in [1.54, 1.807) is 10.9 Å². The summed E-state index contributed by atoms with van der Waals surface area (Å²) in [5.74, 6) is -0.717. The Kier molecular flexibility index (Phi) is 12.5. The fourth-order valence-electron chi connectivity index (χ4n) is 4.67. The first-order valence-corrected chi connectivity index (χ1v) is 14.8. The lowest BCUT2D eigenvalue weighted by Crippen LogP contribution is -2.63. The second-order valence-corrected chi connectivity index (χ2v) is 11.7. The standard InChI is InChI=1S/C27H40N8O12/c1-27(2,3)45-11-10-44-9-8-43-7-6-34-13-16(29-32-34)12-33(17-4-5-18(35(41)42)22-21(17)30-47-31-22)14-20(37)28-26-25(40)24(39)23(38)19(15-36)46-26/h4-5,13,19,23-26,36,38-40H,6-12,14-15H2,1-3H3,(H,28,37)/t19-,23-,24+,25-,26-/m1/s1. The van der Waals surface area contributed by atoms with Crippen LogP contribution in [0.4, 0.5) is 11.4 Å². The molecule has 3 aromatic rings. The Morgan fingerprint density at radius 1 is 1.06 bits per heavy atom. The smallest absolute Gasteiger partial charge is 0.300 e. The molecule has 47 heavy (non-hydrogen) atoms. The minimum Gasteiger partial charge on any atom is -0.394 e. The van der Waals surface area contributed by atoms with Gasteiger partial charge in [0, 0.05) is 6.07 Å². The molecule has 1 aliphatic heterocycles. The topological polar surface area (TPSA) is 263 Å². The minimum absolute atomic E-state index is 0.00724. The van der Waals surface area contributed by atoms with E-state index in [4.69, 9.17) is 23.6 Å². The Labute approximate surface area is 268 Å². The Morgan fingerprint density at radius 3 is 2.47 bits per heavy atom. The van der Waals surface area contributed by atoms with E-state index in [1.165, 1.54) is 17.0 Å². The molecule has 1 fully saturated rings. The van der Waals surface area contributed by atoms with Crippen LogP contribution in [0, 0.1) is 10.1 Å². The number of nitrogens with zero attached hydrogens (tertiary/aromatic N) is 7. The van der Waals surface area contributed by atoms with Gasteiger partial charge in [-0.1, -0.05) is 5.21 Å².